The molecule has 0 unspecified atom stereocenters. The molecule has 0 radical (unpaired) electrons. The van der Waals surface area contributed by atoms with E-state index >= 15 is 0 Å². The van der Waals surface area contributed by atoms with Crippen molar-refractivity contribution in [2.45, 2.75) is 26.2 Å². The second-order valence-electron chi connectivity index (χ2n) is 4.50. The third-order valence-corrected chi connectivity index (χ3v) is 4.29. The summed E-state index contributed by atoms with van der Waals surface area (Å²) in [6.07, 6.45) is 5.43. The molecule has 3 rings (SSSR count). The predicted molar refractivity (Wildman–Crippen MR) is 78.2 cm³/mol. The average Bonchev–Trinajstić information content (AvgIpc) is 3.04. The molecule has 0 spiro atoms. The van der Waals surface area contributed by atoms with Crippen molar-refractivity contribution in [1.82, 2.24) is 4.98 Å². The van der Waals surface area contributed by atoms with Crippen molar-refractivity contribution in [1.29, 1.82) is 0 Å². The molecule has 2 nitrogen and oxygen atoms in total. The zero-order valence-corrected chi connectivity index (χ0v) is 11.4. The minimum atomic E-state index is 0.903. The Morgan fingerprint density at radius 3 is 3.00 bits per heavy atom. The lowest BCUT2D eigenvalue weighted by molar-refractivity contribution is 0.949. The van der Waals surface area contributed by atoms with E-state index in [1.54, 1.807) is 11.3 Å². The van der Waals surface area contributed by atoms with Crippen LogP contribution in [-0.4, -0.2) is 18.1 Å². The van der Waals surface area contributed by atoms with Crippen LogP contribution in [0.4, 0.5) is 5.69 Å². The summed E-state index contributed by atoms with van der Waals surface area (Å²) in [6.45, 7) is 4.42. The molecule has 0 atom stereocenters. The molecule has 1 saturated heterocycles. The summed E-state index contributed by atoms with van der Waals surface area (Å²) in [4.78, 5) is 8.06. The van der Waals surface area contributed by atoms with Crippen molar-refractivity contribution in [3.05, 3.63) is 23.2 Å². The summed E-state index contributed by atoms with van der Waals surface area (Å²) in [6, 6.07) is 4.25. The number of hydrogen-bond acceptors (Lipinski definition) is 3. The Labute approximate surface area is 112 Å². The number of fused-ring (bicyclic) bond motifs is 1. The zero-order valence-electron chi connectivity index (χ0n) is 10.6. The highest BCUT2D eigenvalue weighted by Crippen LogP contribution is 2.34. The summed E-state index contributed by atoms with van der Waals surface area (Å²) < 4.78 is 1.29. The van der Waals surface area contributed by atoms with Crippen molar-refractivity contribution >= 4 is 27.2 Å². The van der Waals surface area contributed by atoms with Crippen LogP contribution in [0.1, 0.15) is 31.1 Å². The molecule has 0 aromatic carbocycles. The quantitative estimate of drug-likeness (QED) is 0.724. The lowest BCUT2D eigenvalue weighted by Crippen LogP contribution is -2.17. The molecule has 0 bridgehead atoms. The predicted octanol–water partition coefficient (Wildman–Crippen LogP) is 3.66. The van der Waals surface area contributed by atoms with E-state index in [4.69, 9.17) is 0 Å². The second-order valence-corrected chi connectivity index (χ2v) is 5.56. The van der Waals surface area contributed by atoms with Gasteiger partial charge in [0.1, 0.15) is 0 Å². The van der Waals surface area contributed by atoms with Crippen LogP contribution in [0.3, 0.4) is 0 Å². The van der Waals surface area contributed by atoms with Gasteiger partial charge in [0.2, 0.25) is 0 Å². The maximum Gasteiger partial charge on any atom is 0.0843 e. The number of anilines is 1. The lowest BCUT2D eigenvalue weighted by Gasteiger charge is -2.17. The number of pyridine rings is 1. The summed E-state index contributed by atoms with van der Waals surface area (Å²) in [5, 5.41) is 0. The molecule has 1 aliphatic heterocycles. The summed E-state index contributed by atoms with van der Waals surface area (Å²) >= 11 is 1.77. The largest absolute Gasteiger partial charge is 0.370 e. The fourth-order valence-electron chi connectivity index (χ4n) is 2.37. The third-order valence-electron chi connectivity index (χ3n) is 3.23. The maximum absolute atomic E-state index is 4.46. The van der Waals surface area contributed by atoms with Gasteiger partial charge in [-0.15, -0.1) is 11.3 Å². The number of hydrogen-bond donors (Lipinski definition) is 0. The molecule has 0 saturated carbocycles. The fraction of sp³-hybridized carbons (Fsp3) is 0.400. The molecule has 0 N–H and O–H groups in total. The summed E-state index contributed by atoms with van der Waals surface area (Å²) in [7, 11) is 0. The molecular formula is C15H16N2S. The molecule has 1 fully saturated rings. The minimum Gasteiger partial charge on any atom is -0.370 e. The van der Waals surface area contributed by atoms with Crippen LogP contribution in [0.2, 0.25) is 0 Å². The Morgan fingerprint density at radius 1 is 1.39 bits per heavy atom. The van der Waals surface area contributed by atoms with Crippen LogP contribution in [0.25, 0.3) is 10.2 Å². The first-order valence-electron chi connectivity index (χ1n) is 6.51. The zero-order chi connectivity index (χ0) is 12.4. The topological polar surface area (TPSA) is 16.1 Å². The van der Waals surface area contributed by atoms with Crippen LogP contribution >= 0.6 is 11.3 Å². The van der Waals surface area contributed by atoms with Gasteiger partial charge in [0.05, 0.1) is 20.8 Å². The van der Waals surface area contributed by atoms with Crippen molar-refractivity contribution in [2.75, 3.05) is 18.0 Å². The van der Waals surface area contributed by atoms with E-state index in [1.807, 2.05) is 6.20 Å². The first kappa shape index (κ1) is 11.6. The van der Waals surface area contributed by atoms with Gasteiger partial charge in [-0.3, -0.25) is 4.98 Å². The van der Waals surface area contributed by atoms with Gasteiger partial charge in [0.25, 0.3) is 0 Å². The minimum absolute atomic E-state index is 0.903. The molecule has 2 aromatic rings. The highest BCUT2D eigenvalue weighted by atomic mass is 32.1. The smallest absolute Gasteiger partial charge is 0.0843 e. The Morgan fingerprint density at radius 2 is 2.22 bits per heavy atom. The molecule has 92 valence electrons. The number of nitrogens with zero attached hydrogens (tertiary/aromatic N) is 2. The summed E-state index contributed by atoms with van der Waals surface area (Å²) in [5.74, 6) is 6.35. The Hall–Kier alpha value is -1.53. The van der Waals surface area contributed by atoms with Crippen molar-refractivity contribution in [3.8, 4) is 11.8 Å². The molecule has 3 heteroatoms. The lowest BCUT2D eigenvalue weighted by atomic mass is 10.3. The van der Waals surface area contributed by atoms with Gasteiger partial charge in [0.15, 0.2) is 0 Å². The highest BCUT2D eigenvalue weighted by molar-refractivity contribution is 7.20. The molecule has 3 heterocycles. The van der Waals surface area contributed by atoms with E-state index in [0.717, 1.165) is 16.8 Å². The van der Waals surface area contributed by atoms with Crippen molar-refractivity contribution in [3.63, 3.8) is 0 Å². The molecule has 18 heavy (non-hydrogen) atoms. The van der Waals surface area contributed by atoms with Gasteiger partial charge in [-0.25, -0.2) is 0 Å². The van der Waals surface area contributed by atoms with E-state index in [1.165, 1.54) is 36.3 Å². The second kappa shape index (κ2) is 4.99. The standard InChI is InChI=1S/C15H16N2S/c1-2-3-6-12-11-13-15(18-12)14(7-8-16-13)17-9-4-5-10-17/h7-8,11H,2,4-5,9-10H2,1H3. The van der Waals surface area contributed by atoms with Gasteiger partial charge >= 0.3 is 0 Å². The van der Waals surface area contributed by atoms with Crippen LogP contribution < -0.4 is 4.90 Å². The van der Waals surface area contributed by atoms with Crippen LogP contribution in [0.15, 0.2) is 18.3 Å². The monoisotopic (exact) mass is 256 g/mol. The first-order chi connectivity index (χ1) is 8.88. The van der Waals surface area contributed by atoms with E-state index < -0.39 is 0 Å². The molecule has 1 aliphatic rings. The molecule has 2 aromatic heterocycles. The summed E-state index contributed by atoms with van der Waals surface area (Å²) in [5.41, 5.74) is 2.43. The van der Waals surface area contributed by atoms with E-state index in [9.17, 15) is 0 Å². The average molecular weight is 256 g/mol. The van der Waals surface area contributed by atoms with E-state index in [-0.39, 0.29) is 0 Å². The Balaban J connectivity index is 2.06. The van der Waals surface area contributed by atoms with Gasteiger partial charge in [-0.2, -0.15) is 0 Å². The third kappa shape index (κ3) is 2.09. The van der Waals surface area contributed by atoms with Crippen LogP contribution in [0.5, 0.6) is 0 Å². The maximum atomic E-state index is 4.46. The van der Waals surface area contributed by atoms with Gasteiger partial charge in [-0.05, 0) is 25.0 Å². The van der Waals surface area contributed by atoms with E-state index in [0.29, 0.717) is 0 Å². The molecular weight excluding hydrogens is 240 g/mol. The van der Waals surface area contributed by atoms with E-state index in [2.05, 4.69) is 40.8 Å². The SMILES string of the molecule is CCC#Cc1cc2nccc(N3CCCC3)c2s1. The van der Waals surface area contributed by atoms with Crippen LogP contribution in [-0.2, 0) is 0 Å². The van der Waals surface area contributed by atoms with Gasteiger partial charge in [-0.1, -0.05) is 18.8 Å². The van der Waals surface area contributed by atoms with Crippen molar-refractivity contribution < 1.29 is 0 Å². The normalized spacial score (nSPS) is 14.8. The fourth-order valence-corrected chi connectivity index (χ4v) is 3.40. The first-order valence-corrected chi connectivity index (χ1v) is 7.32. The van der Waals surface area contributed by atoms with Gasteiger partial charge < -0.3 is 4.90 Å². The Kier molecular flexibility index (Phi) is 3.21. The van der Waals surface area contributed by atoms with Crippen LogP contribution in [0, 0.1) is 11.8 Å². The Bertz CT molecular complexity index is 612. The molecule has 0 aliphatic carbocycles. The van der Waals surface area contributed by atoms with Crippen molar-refractivity contribution in [2.24, 2.45) is 0 Å². The number of aromatic nitrogens is 1. The highest BCUT2D eigenvalue weighted by Gasteiger charge is 2.16. The van der Waals surface area contributed by atoms with Gasteiger partial charge in [0, 0.05) is 25.7 Å². The number of rotatable bonds is 1. The molecule has 0 amide bonds. The number of thiophene rings is 1.